The second kappa shape index (κ2) is 5.46. The van der Waals surface area contributed by atoms with Gasteiger partial charge in [-0.1, -0.05) is 23.2 Å². The van der Waals surface area contributed by atoms with Gasteiger partial charge in [0.2, 0.25) is 10.0 Å². The van der Waals surface area contributed by atoms with E-state index in [1.165, 1.54) is 31.6 Å². The van der Waals surface area contributed by atoms with Gasteiger partial charge in [-0.05, 0) is 18.2 Å². The molecule has 0 atom stereocenters. The molecule has 0 saturated carbocycles. The van der Waals surface area contributed by atoms with Crippen molar-refractivity contribution in [1.29, 1.82) is 0 Å². The van der Waals surface area contributed by atoms with Crippen LogP contribution in [-0.2, 0) is 16.6 Å². The molecule has 0 aliphatic rings. The highest BCUT2D eigenvalue weighted by Crippen LogP contribution is 2.24. The maximum Gasteiger partial charge on any atom is 0.243 e. The summed E-state index contributed by atoms with van der Waals surface area (Å²) in [5.74, 6) is 0.444. The van der Waals surface area contributed by atoms with E-state index < -0.39 is 10.0 Å². The molecule has 1 N–H and O–H groups in total. The lowest BCUT2D eigenvalue weighted by atomic mass is 10.4. The Balaban J connectivity index is 2.31. The molecule has 1 aromatic carbocycles. The van der Waals surface area contributed by atoms with E-state index in [2.05, 4.69) is 15.2 Å². The molecule has 9 heteroatoms. The van der Waals surface area contributed by atoms with Gasteiger partial charge in [0.05, 0.1) is 11.4 Å². The summed E-state index contributed by atoms with van der Waals surface area (Å²) >= 11 is 11.6. The number of aromatic amines is 1. The Bertz CT molecular complexity index is 653. The molecule has 0 unspecified atom stereocenters. The number of hydrogen-bond acceptors (Lipinski definition) is 4. The van der Waals surface area contributed by atoms with Crippen molar-refractivity contribution >= 4 is 33.2 Å². The number of halogens is 2. The Kier molecular flexibility index (Phi) is 4.10. The summed E-state index contributed by atoms with van der Waals surface area (Å²) in [6.07, 6.45) is 1.31. The summed E-state index contributed by atoms with van der Waals surface area (Å²) in [5, 5.41) is 6.78. The van der Waals surface area contributed by atoms with Crippen LogP contribution in [0, 0.1) is 0 Å². The lowest BCUT2D eigenvalue weighted by molar-refractivity contribution is 0.457. The Labute approximate surface area is 120 Å². The van der Waals surface area contributed by atoms with Crippen molar-refractivity contribution in [1.82, 2.24) is 19.5 Å². The van der Waals surface area contributed by atoms with Crippen LogP contribution in [0.4, 0.5) is 0 Å². The number of sulfonamides is 1. The molecule has 6 nitrogen and oxygen atoms in total. The van der Waals surface area contributed by atoms with Gasteiger partial charge in [0, 0.05) is 17.1 Å². The molecule has 0 aliphatic heterocycles. The van der Waals surface area contributed by atoms with Gasteiger partial charge in [-0.3, -0.25) is 5.10 Å². The first-order valence-corrected chi connectivity index (χ1v) is 7.36. The van der Waals surface area contributed by atoms with Crippen molar-refractivity contribution in [3.8, 4) is 0 Å². The first-order valence-electron chi connectivity index (χ1n) is 5.16. The molecular formula is C10H10Cl2N4O2S. The number of benzene rings is 1. The van der Waals surface area contributed by atoms with Crippen molar-refractivity contribution in [3.63, 3.8) is 0 Å². The molecule has 2 rings (SSSR count). The van der Waals surface area contributed by atoms with Crippen LogP contribution < -0.4 is 0 Å². The fourth-order valence-electron chi connectivity index (χ4n) is 1.46. The largest absolute Gasteiger partial charge is 0.262 e. The van der Waals surface area contributed by atoms with E-state index in [1.54, 1.807) is 0 Å². The molecular weight excluding hydrogens is 311 g/mol. The number of rotatable bonds is 4. The topological polar surface area (TPSA) is 79.0 Å². The summed E-state index contributed by atoms with van der Waals surface area (Å²) in [7, 11) is -2.25. The predicted molar refractivity (Wildman–Crippen MR) is 71.5 cm³/mol. The van der Waals surface area contributed by atoms with Crippen molar-refractivity contribution in [2.45, 2.75) is 11.4 Å². The highest BCUT2D eigenvalue weighted by atomic mass is 35.5. The van der Waals surface area contributed by atoms with Gasteiger partial charge in [-0.25, -0.2) is 13.4 Å². The maximum atomic E-state index is 12.3. The first kappa shape index (κ1) is 14.3. The fraction of sp³-hybridized carbons (Fsp3) is 0.200. The van der Waals surface area contributed by atoms with Gasteiger partial charge >= 0.3 is 0 Å². The molecule has 0 bridgehead atoms. The third-order valence-corrected chi connectivity index (χ3v) is 4.60. The normalized spacial score (nSPS) is 12.0. The summed E-state index contributed by atoms with van der Waals surface area (Å²) in [6, 6.07) is 4.16. The Morgan fingerprint density at radius 1 is 1.26 bits per heavy atom. The second-order valence-corrected chi connectivity index (χ2v) is 6.72. The number of nitrogens with one attached hydrogen (secondary N) is 1. The van der Waals surface area contributed by atoms with Crippen LogP contribution in [0.5, 0.6) is 0 Å². The lowest BCUT2D eigenvalue weighted by Crippen LogP contribution is -2.27. The average Bonchev–Trinajstić information content (AvgIpc) is 2.80. The van der Waals surface area contributed by atoms with Crippen LogP contribution >= 0.6 is 23.2 Å². The van der Waals surface area contributed by atoms with E-state index in [9.17, 15) is 8.42 Å². The molecule has 0 amide bonds. The summed E-state index contributed by atoms with van der Waals surface area (Å²) in [4.78, 5) is 3.91. The van der Waals surface area contributed by atoms with E-state index in [0.717, 1.165) is 4.31 Å². The minimum Gasteiger partial charge on any atom is -0.262 e. The van der Waals surface area contributed by atoms with E-state index in [0.29, 0.717) is 5.82 Å². The molecule has 102 valence electrons. The Hall–Kier alpha value is -1.15. The van der Waals surface area contributed by atoms with E-state index >= 15 is 0 Å². The molecule has 0 spiro atoms. The molecule has 19 heavy (non-hydrogen) atoms. The Morgan fingerprint density at radius 2 is 1.89 bits per heavy atom. The highest BCUT2D eigenvalue weighted by molar-refractivity contribution is 7.89. The van der Waals surface area contributed by atoms with Crippen molar-refractivity contribution in [2.75, 3.05) is 7.05 Å². The molecule has 0 fully saturated rings. The van der Waals surface area contributed by atoms with Gasteiger partial charge in [-0.15, -0.1) is 0 Å². The monoisotopic (exact) mass is 320 g/mol. The molecule has 1 heterocycles. The van der Waals surface area contributed by atoms with Gasteiger partial charge in [0.15, 0.2) is 0 Å². The fourth-order valence-corrected chi connectivity index (χ4v) is 3.32. The zero-order valence-corrected chi connectivity index (χ0v) is 12.2. The van der Waals surface area contributed by atoms with Gasteiger partial charge < -0.3 is 0 Å². The van der Waals surface area contributed by atoms with E-state index in [-0.39, 0.29) is 21.5 Å². The second-order valence-electron chi connectivity index (χ2n) is 3.80. The predicted octanol–water partition coefficient (Wildman–Crippen LogP) is 1.93. The first-order chi connectivity index (χ1) is 8.89. The third-order valence-electron chi connectivity index (χ3n) is 2.38. The molecule has 0 radical (unpaired) electrons. The zero-order chi connectivity index (χ0) is 14.0. The number of H-pyrrole nitrogens is 1. The number of hydrogen-bond donors (Lipinski definition) is 1. The van der Waals surface area contributed by atoms with E-state index in [1.807, 2.05) is 0 Å². The lowest BCUT2D eigenvalue weighted by Gasteiger charge is -2.16. The minimum atomic E-state index is -3.68. The van der Waals surface area contributed by atoms with Crippen LogP contribution in [0.15, 0.2) is 29.4 Å². The maximum absolute atomic E-state index is 12.3. The van der Waals surface area contributed by atoms with Gasteiger partial charge in [0.25, 0.3) is 0 Å². The quantitative estimate of drug-likeness (QED) is 0.933. The van der Waals surface area contributed by atoms with Crippen molar-refractivity contribution in [2.24, 2.45) is 0 Å². The van der Waals surface area contributed by atoms with E-state index in [4.69, 9.17) is 23.2 Å². The number of nitrogens with zero attached hydrogens (tertiary/aromatic N) is 3. The minimum absolute atomic E-state index is 0.0343. The molecule has 0 saturated heterocycles. The van der Waals surface area contributed by atoms with Crippen LogP contribution in [0.25, 0.3) is 0 Å². The van der Waals surface area contributed by atoms with Gasteiger partial charge in [0.1, 0.15) is 12.2 Å². The molecule has 2 aromatic rings. The SMILES string of the molecule is CN(Cc1ncn[nH]1)S(=O)(=O)c1cc(Cl)cc(Cl)c1. The van der Waals surface area contributed by atoms with Crippen LogP contribution in [-0.4, -0.2) is 35.0 Å². The average molecular weight is 321 g/mol. The highest BCUT2D eigenvalue weighted by Gasteiger charge is 2.22. The number of aromatic nitrogens is 3. The van der Waals surface area contributed by atoms with Crippen LogP contribution in [0.3, 0.4) is 0 Å². The third kappa shape index (κ3) is 3.24. The van der Waals surface area contributed by atoms with Crippen molar-refractivity contribution < 1.29 is 8.42 Å². The van der Waals surface area contributed by atoms with Crippen molar-refractivity contribution in [3.05, 3.63) is 40.4 Å². The summed E-state index contributed by atoms with van der Waals surface area (Å²) in [5.41, 5.74) is 0. The molecule has 1 aromatic heterocycles. The standard InChI is InChI=1S/C10H10Cl2N4O2S/c1-16(5-10-13-6-14-15-10)19(17,18)9-3-7(11)2-8(12)4-9/h2-4,6H,5H2,1H3,(H,13,14,15). The van der Waals surface area contributed by atoms with Crippen LogP contribution in [0.2, 0.25) is 10.0 Å². The summed E-state index contributed by atoms with van der Waals surface area (Å²) < 4.78 is 25.8. The Morgan fingerprint density at radius 3 is 2.42 bits per heavy atom. The summed E-state index contributed by atoms with van der Waals surface area (Å²) in [6.45, 7) is 0.0759. The smallest absolute Gasteiger partial charge is 0.243 e. The van der Waals surface area contributed by atoms with Crippen LogP contribution in [0.1, 0.15) is 5.82 Å². The zero-order valence-electron chi connectivity index (χ0n) is 9.84. The molecule has 0 aliphatic carbocycles. The van der Waals surface area contributed by atoms with Gasteiger partial charge in [-0.2, -0.15) is 9.40 Å².